The molecule has 1 N–H and O–H groups in total. The SMILES string of the molecule is Cc1cnc(Cn2c(-c3ccc(OCCN4CCNCC4)cc3Cl)nc3c(OC4(C)CC4)ncnc32)s1. The first-order chi connectivity index (χ1) is 18.0. The molecule has 4 heterocycles. The normalized spacial score (nSPS) is 17.3. The average Bonchev–Trinajstić information content (AvgIpc) is 3.29. The van der Waals surface area contributed by atoms with Crippen molar-refractivity contribution in [2.75, 3.05) is 39.3 Å². The second-order valence-corrected chi connectivity index (χ2v) is 11.6. The Kier molecular flexibility index (Phi) is 6.74. The Morgan fingerprint density at radius 3 is 2.73 bits per heavy atom. The van der Waals surface area contributed by atoms with Gasteiger partial charge < -0.3 is 19.4 Å². The molecule has 1 aromatic carbocycles. The van der Waals surface area contributed by atoms with Crippen molar-refractivity contribution in [3.05, 3.63) is 45.6 Å². The van der Waals surface area contributed by atoms with E-state index in [1.165, 1.54) is 6.33 Å². The standard InChI is InChI=1S/C26H30ClN7O2S/c1-17-14-29-21(37-17)15-34-23(32-22-24(34)30-16-31-25(22)36-26(2)5-6-26)19-4-3-18(13-20(19)27)35-12-11-33-9-7-28-8-10-33/h3-4,13-14,16,28H,5-12,15H2,1-2H3. The molecule has 0 spiro atoms. The van der Waals surface area contributed by atoms with Gasteiger partial charge in [-0.3, -0.25) is 4.90 Å². The molecule has 1 saturated heterocycles. The molecule has 11 heteroatoms. The number of hydrogen-bond donors (Lipinski definition) is 1. The van der Waals surface area contributed by atoms with E-state index in [2.05, 4.69) is 39.0 Å². The zero-order valence-corrected chi connectivity index (χ0v) is 22.6. The van der Waals surface area contributed by atoms with Crippen LogP contribution in [0.4, 0.5) is 0 Å². The summed E-state index contributed by atoms with van der Waals surface area (Å²) >= 11 is 8.48. The van der Waals surface area contributed by atoms with Crippen molar-refractivity contribution in [3.63, 3.8) is 0 Å². The van der Waals surface area contributed by atoms with Gasteiger partial charge in [-0.2, -0.15) is 4.98 Å². The van der Waals surface area contributed by atoms with Gasteiger partial charge in [0, 0.05) is 49.4 Å². The van der Waals surface area contributed by atoms with Crippen LogP contribution in [0.25, 0.3) is 22.6 Å². The first kappa shape index (κ1) is 24.5. The van der Waals surface area contributed by atoms with Crippen molar-refractivity contribution in [1.29, 1.82) is 0 Å². The summed E-state index contributed by atoms with van der Waals surface area (Å²) in [7, 11) is 0. The second kappa shape index (κ2) is 10.2. The highest BCUT2D eigenvalue weighted by molar-refractivity contribution is 7.11. The van der Waals surface area contributed by atoms with Gasteiger partial charge in [-0.1, -0.05) is 11.6 Å². The molecule has 3 aromatic heterocycles. The number of hydrogen-bond acceptors (Lipinski definition) is 9. The highest BCUT2D eigenvalue weighted by atomic mass is 35.5. The van der Waals surface area contributed by atoms with Gasteiger partial charge in [0.2, 0.25) is 5.88 Å². The molecule has 1 aliphatic heterocycles. The summed E-state index contributed by atoms with van der Waals surface area (Å²) in [5.74, 6) is 1.95. The maximum Gasteiger partial charge on any atom is 0.245 e. The molecule has 194 valence electrons. The van der Waals surface area contributed by atoms with Crippen LogP contribution in [-0.4, -0.2) is 74.3 Å². The molecule has 2 aliphatic rings. The van der Waals surface area contributed by atoms with Crippen LogP contribution >= 0.6 is 22.9 Å². The number of ether oxygens (including phenoxy) is 2. The lowest BCUT2D eigenvalue weighted by atomic mass is 10.2. The van der Waals surface area contributed by atoms with E-state index < -0.39 is 0 Å². The summed E-state index contributed by atoms with van der Waals surface area (Å²) in [5, 5.41) is 4.91. The third-order valence-electron chi connectivity index (χ3n) is 6.83. The molecular weight excluding hydrogens is 510 g/mol. The van der Waals surface area contributed by atoms with Gasteiger partial charge in [-0.05, 0) is 44.9 Å². The minimum absolute atomic E-state index is 0.182. The zero-order valence-electron chi connectivity index (χ0n) is 21.0. The third kappa shape index (κ3) is 5.43. The Morgan fingerprint density at radius 1 is 1.16 bits per heavy atom. The fourth-order valence-corrected chi connectivity index (χ4v) is 5.49. The number of aryl methyl sites for hydroxylation is 1. The fraction of sp³-hybridized carbons (Fsp3) is 0.462. The summed E-state index contributed by atoms with van der Waals surface area (Å²) in [6, 6.07) is 5.77. The van der Waals surface area contributed by atoms with Crippen molar-refractivity contribution in [3.8, 4) is 23.0 Å². The molecule has 37 heavy (non-hydrogen) atoms. The molecule has 0 unspecified atom stereocenters. The predicted octanol–water partition coefficient (Wildman–Crippen LogP) is 4.18. The molecule has 0 atom stereocenters. The van der Waals surface area contributed by atoms with Gasteiger partial charge in [0.15, 0.2) is 11.2 Å². The number of thiazole rings is 1. The highest BCUT2D eigenvalue weighted by Crippen LogP contribution is 2.41. The van der Waals surface area contributed by atoms with E-state index in [0.29, 0.717) is 41.0 Å². The quantitative estimate of drug-likeness (QED) is 0.339. The number of nitrogens with zero attached hydrogens (tertiary/aromatic N) is 6. The Bertz CT molecular complexity index is 1410. The van der Waals surface area contributed by atoms with Crippen LogP contribution in [0, 0.1) is 6.92 Å². The predicted molar refractivity (Wildman–Crippen MR) is 145 cm³/mol. The van der Waals surface area contributed by atoms with Crippen molar-refractivity contribution in [2.24, 2.45) is 0 Å². The number of fused-ring (bicyclic) bond motifs is 1. The highest BCUT2D eigenvalue weighted by Gasteiger charge is 2.41. The lowest BCUT2D eigenvalue weighted by molar-refractivity contribution is 0.191. The second-order valence-electron chi connectivity index (χ2n) is 9.87. The Labute approximate surface area is 224 Å². The molecule has 1 saturated carbocycles. The molecule has 1 aliphatic carbocycles. The van der Waals surface area contributed by atoms with Crippen molar-refractivity contribution < 1.29 is 9.47 Å². The van der Waals surface area contributed by atoms with Crippen LogP contribution in [0.2, 0.25) is 5.02 Å². The number of imidazole rings is 1. The van der Waals surface area contributed by atoms with Gasteiger partial charge in [-0.15, -0.1) is 11.3 Å². The van der Waals surface area contributed by atoms with Crippen LogP contribution in [0.5, 0.6) is 11.6 Å². The Balaban J connectivity index is 1.31. The van der Waals surface area contributed by atoms with Crippen LogP contribution in [0.1, 0.15) is 29.7 Å². The summed E-state index contributed by atoms with van der Waals surface area (Å²) in [6.07, 6.45) is 5.43. The summed E-state index contributed by atoms with van der Waals surface area (Å²) in [6.45, 7) is 10.3. The van der Waals surface area contributed by atoms with Gasteiger partial charge in [0.05, 0.1) is 11.6 Å². The van der Waals surface area contributed by atoms with Gasteiger partial charge >= 0.3 is 0 Å². The Hall–Kier alpha value is -2.79. The number of piperazine rings is 1. The van der Waals surface area contributed by atoms with E-state index in [4.69, 9.17) is 26.1 Å². The summed E-state index contributed by atoms with van der Waals surface area (Å²) in [4.78, 5) is 22.1. The van der Waals surface area contributed by atoms with Crippen LogP contribution in [0.3, 0.4) is 0 Å². The molecule has 2 fully saturated rings. The van der Waals surface area contributed by atoms with Crippen molar-refractivity contribution >= 4 is 34.1 Å². The number of rotatable bonds is 9. The maximum absolute atomic E-state index is 6.82. The first-order valence-corrected chi connectivity index (χ1v) is 13.8. The lowest BCUT2D eigenvalue weighted by Crippen LogP contribution is -2.44. The number of halogens is 1. The minimum atomic E-state index is -0.182. The lowest BCUT2D eigenvalue weighted by Gasteiger charge is -2.26. The monoisotopic (exact) mass is 539 g/mol. The smallest absolute Gasteiger partial charge is 0.245 e. The van der Waals surface area contributed by atoms with Crippen molar-refractivity contribution in [1.82, 2.24) is 34.7 Å². The van der Waals surface area contributed by atoms with Crippen LogP contribution in [0.15, 0.2) is 30.7 Å². The minimum Gasteiger partial charge on any atom is -0.492 e. The van der Waals surface area contributed by atoms with Gasteiger partial charge in [-0.25, -0.2) is 15.0 Å². The van der Waals surface area contributed by atoms with E-state index in [1.54, 1.807) is 11.3 Å². The number of nitrogens with one attached hydrogen (secondary N) is 1. The van der Waals surface area contributed by atoms with E-state index in [9.17, 15) is 0 Å². The molecule has 0 amide bonds. The third-order valence-corrected chi connectivity index (χ3v) is 8.04. The number of aromatic nitrogens is 5. The van der Waals surface area contributed by atoms with E-state index in [0.717, 1.165) is 66.8 Å². The fourth-order valence-electron chi connectivity index (χ4n) is 4.46. The van der Waals surface area contributed by atoms with Gasteiger partial charge in [0.25, 0.3) is 0 Å². The van der Waals surface area contributed by atoms with Crippen LogP contribution in [-0.2, 0) is 6.54 Å². The zero-order chi connectivity index (χ0) is 25.4. The molecule has 6 rings (SSSR count). The molecular formula is C26H30ClN7O2S. The average molecular weight is 540 g/mol. The van der Waals surface area contributed by atoms with Gasteiger partial charge in [0.1, 0.15) is 35.1 Å². The molecule has 0 radical (unpaired) electrons. The van der Waals surface area contributed by atoms with E-state index >= 15 is 0 Å². The van der Waals surface area contributed by atoms with Crippen LogP contribution < -0.4 is 14.8 Å². The topological polar surface area (TPSA) is 90.2 Å². The summed E-state index contributed by atoms with van der Waals surface area (Å²) in [5.41, 5.74) is 1.95. The Morgan fingerprint density at radius 2 is 2.00 bits per heavy atom. The molecule has 0 bridgehead atoms. The van der Waals surface area contributed by atoms with E-state index in [1.807, 2.05) is 29.0 Å². The summed E-state index contributed by atoms with van der Waals surface area (Å²) < 4.78 is 14.3. The molecule has 4 aromatic rings. The maximum atomic E-state index is 6.82. The first-order valence-electron chi connectivity index (χ1n) is 12.6. The van der Waals surface area contributed by atoms with E-state index in [-0.39, 0.29) is 5.60 Å². The largest absolute Gasteiger partial charge is 0.492 e. The molecule has 9 nitrogen and oxygen atoms in total. The van der Waals surface area contributed by atoms with Crippen molar-refractivity contribution in [2.45, 2.75) is 38.8 Å². The number of benzene rings is 1.